The first-order valence-corrected chi connectivity index (χ1v) is 9.43. The number of hydrogen-bond donors (Lipinski definition) is 1. The summed E-state index contributed by atoms with van der Waals surface area (Å²) in [5.41, 5.74) is 5.82. The van der Waals surface area contributed by atoms with Crippen molar-refractivity contribution in [2.24, 2.45) is 5.10 Å². The Morgan fingerprint density at radius 1 is 1.17 bits per heavy atom. The third-order valence-corrected chi connectivity index (χ3v) is 4.44. The fourth-order valence-electron chi connectivity index (χ4n) is 2.69. The smallest absolute Gasteiger partial charge is 0.315 e. The average Bonchev–Trinajstić information content (AvgIpc) is 2.73. The molecule has 0 radical (unpaired) electrons. The van der Waals surface area contributed by atoms with Crippen LogP contribution in [0.2, 0.25) is 5.02 Å². The van der Waals surface area contributed by atoms with Crippen LogP contribution in [0.4, 0.5) is 11.4 Å². The zero-order valence-electron chi connectivity index (χ0n) is 16.5. The van der Waals surface area contributed by atoms with Gasteiger partial charge in [-0.05, 0) is 36.8 Å². The van der Waals surface area contributed by atoms with Gasteiger partial charge in [-0.15, -0.1) is 0 Å². The molecule has 1 N–H and O–H groups in total. The van der Waals surface area contributed by atoms with Gasteiger partial charge in [-0.2, -0.15) is 5.10 Å². The molecule has 0 amide bonds. The monoisotopic (exact) mass is 425 g/mol. The molecule has 154 valence electrons. The molecule has 3 aromatic rings. The van der Waals surface area contributed by atoms with E-state index in [1.165, 1.54) is 19.4 Å². The fraction of sp³-hybridized carbons (Fsp3) is 0.136. The van der Waals surface area contributed by atoms with Crippen LogP contribution in [0.15, 0.2) is 65.8 Å². The first kappa shape index (κ1) is 21.1. The van der Waals surface area contributed by atoms with E-state index >= 15 is 0 Å². The first-order chi connectivity index (χ1) is 14.5. The maximum atomic E-state index is 11.6. The van der Waals surface area contributed by atoms with Gasteiger partial charge in [-0.1, -0.05) is 47.5 Å². The number of halogens is 1. The summed E-state index contributed by atoms with van der Waals surface area (Å²) < 4.78 is 11.1. The van der Waals surface area contributed by atoms with Gasteiger partial charge >= 0.3 is 5.69 Å². The van der Waals surface area contributed by atoms with Gasteiger partial charge in [0.1, 0.15) is 6.61 Å². The van der Waals surface area contributed by atoms with Gasteiger partial charge in [0, 0.05) is 16.7 Å². The van der Waals surface area contributed by atoms with Crippen LogP contribution in [0, 0.1) is 17.0 Å². The lowest BCUT2D eigenvalue weighted by atomic mass is 10.1. The van der Waals surface area contributed by atoms with E-state index in [-0.39, 0.29) is 23.8 Å². The second-order valence-electron chi connectivity index (χ2n) is 6.48. The SMILES string of the molecule is COc1cc(C=NNc2cccc(Cl)c2)cc([N+](=O)[O-])c1OCc1ccc(C)cc1. The number of hydrogen-bond acceptors (Lipinski definition) is 6. The molecular formula is C22H20ClN3O4. The van der Waals surface area contributed by atoms with Crippen molar-refractivity contribution in [1.29, 1.82) is 0 Å². The van der Waals surface area contributed by atoms with Crippen LogP contribution in [0.25, 0.3) is 0 Å². The highest BCUT2D eigenvalue weighted by molar-refractivity contribution is 6.30. The third kappa shape index (κ3) is 5.48. The minimum atomic E-state index is -0.505. The summed E-state index contributed by atoms with van der Waals surface area (Å²) in [6.07, 6.45) is 1.46. The quantitative estimate of drug-likeness (QED) is 0.289. The molecule has 7 nitrogen and oxygen atoms in total. The largest absolute Gasteiger partial charge is 0.493 e. The number of ether oxygens (including phenoxy) is 2. The van der Waals surface area contributed by atoms with Crippen molar-refractivity contribution < 1.29 is 14.4 Å². The van der Waals surface area contributed by atoms with E-state index < -0.39 is 4.92 Å². The number of hydrazone groups is 1. The molecule has 0 unspecified atom stereocenters. The molecule has 0 aliphatic carbocycles. The Hall–Kier alpha value is -3.58. The van der Waals surface area contributed by atoms with Crippen LogP contribution in [0.3, 0.4) is 0 Å². The predicted molar refractivity (Wildman–Crippen MR) is 118 cm³/mol. The van der Waals surface area contributed by atoms with E-state index in [0.29, 0.717) is 16.3 Å². The molecule has 30 heavy (non-hydrogen) atoms. The van der Waals surface area contributed by atoms with E-state index in [1.54, 1.807) is 30.3 Å². The molecule has 0 atom stereocenters. The number of nitrogens with zero attached hydrogens (tertiary/aromatic N) is 2. The van der Waals surface area contributed by atoms with Crippen LogP contribution >= 0.6 is 11.6 Å². The van der Waals surface area contributed by atoms with E-state index in [1.807, 2.05) is 31.2 Å². The second kappa shape index (κ2) is 9.76. The van der Waals surface area contributed by atoms with Gasteiger partial charge in [0.05, 0.1) is 23.9 Å². The number of methoxy groups -OCH3 is 1. The Labute approximate surface area is 179 Å². The van der Waals surface area contributed by atoms with Crippen molar-refractivity contribution in [3.05, 3.63) is 92.5 Å². The van der Waals surface area contributed by atoms with Gasteiger partial charge in [0.25, 0.3) is 0 Å². The van der Waals surface area contributed by atoms with Gasteiger partial charge < -0.3 is 9.47 Å². The highest BCUT2D eigenvalue weighted by Crippen LogP contribution is 2.38. The van der Waals surface area contributed by atoms with E-state index in [0.717, 1.165) is 11.1 Å². The standard InChI is InChI=1S/C22H20ClN3O4/c1-15-6-8-16(9-7-15)14-30-22-20(26(27)28)10-17(11-21(22)29-2)13-24-25-19-5-3-4-18(23)12-19/h3-13,25H,14H2,1-2H3. The number of nitro benzene ring substituents is 1. The number of rotatable bonds is 8. The number of aryl methyl sites for hydroxylation is 1. The van der Waals surface area contributed by atoms with Crippen LogP contribution < -0.4 is 14.9 Å². The van der Waals surface area contributed by atoms with E-state index in [4.69, 9.17) is 21.1 Å². The minimum Gasteiger partial charge on any atom is -0.493 e. The number of anilines is 1. The lowest BCUT2D eigenvalue weighted by molar-refractivity contribution is -0.386. The number of benzene rings is 3. The maximum Gasteiger partial charge on any atom is 0.315 e. The lowest BCUT2D eigenvalue weighted by Crippen LogP contribution is -2.03. The molecule has 3 aromatic carbocycles. The molecule has 0 bridgehead atoms. The van der Waals surface area contributed by atoms with Crippen LogP contribution in [0.5, 0.6) is 11.5 Å². The van der Waals surface area contributed by atoms with E-state index in [9.17, 15) is 10.1 Å². The van der Waals surface area contributed by atoms with Crippen molar-refractivity contribution in [1.82, 2.24) is 0 Å². The summed E-state index contributed by atoms with van der Waals surface area (Å²) in [5, 5.41) is 16.3. The third-order valence-electron chi connectivity index (χ3n) is 4.21. The molecule has 0 saturated heterocycles. The molecule has 0 aliphatic rings. The van der Waals surface area contributed by atoms with Crippen molar-refractivity contribution in [3.8, 4) is 11.5 Å². The lowest BCUT2D eigenvalue weighted by Gasteiger charge is -2.12. The van der Waals surface area contributed by atoms with E-state index in [2.05, 4.69) is 10.5 Å². The summed E-state index contributed by atoms with van der Waals surface area (Å²) >= 11 is 5.94. The molecule has 3 rings (SSSR count). The summed E-state index contributed by atoms with van der Waals surface area (Å²) in [7, 11) is 1.43. The molecular weight excluding hydrogens is 406 g/mol. The molecule has 0 aromatic heterocycles. The normalized spacial score (nSPS) is 10.8. The number of nitro groups is 1. The first-order valence-electron chi connectivity index (χ1n) is 9.05. The summed E-state index contributed by atoms with van der Waals surface area (Å²) in [4.78, 5) is 11.1. The Balaban J connectivity index is 1.82. The molecule has 8 heteroatoms. The second-order valence-corrected chi connectivity index (χ2v) is 6.92. The van der Waals surface area contributed by atoms with Crippen molar-refractivity contribution >= 4 is 29.2 Å². The maximum absolute atomic E-state index is 11.6. The van der Waals surface area contributed by atoms with Crippen molar-refractivity contribution in [2.75, 3.05) is 12.5 Å². The average molecular weight is 426 g/mol. The topological polar surface area (TPSA) is 86.0 Å². The summed E-state index contributed by atoms with van der Waals surface area (Å²) in [6, 6.07) is 17.8. The van der Waals surface area contributed by atoms with Crippen molar-refractivity contribution in [2.45, 2.75) is 13.5 Å². The van der Waals surface area contributed by atoms with Gasteiger partial charge in [0.15, 0.2) is 5.75 Å². The highest BCUT2D eigenvalue weighted by atomic mass is 35.5. The van der Waals surface area contributed by atoms with Crippen LogP contribution in [-0.4, -0.2) is 18.2 Å². The Morgan fingerprint density at radius 2 is 1.93 bits per heavy atom. The molecule has 0 heterocycles. The van der Waals surface area contributed by atoms with Crippen molar-refractivity contribution in [3.63, 3.8) is 0 Å². The fourth-order valence-corrected chi connectivity index (χ4v) is 2.88. The van der Waals surface area contributed by atoms with Crippen LogP contribution in [-0.2, 0) is 6.61 Å². The molecule has 0 aliphatic heterocycles. The Morgan fingerprint density at radius 3 is 2.60 bits per heavy atom. The number of nitrogens with one attached hydrogen (secondary N) is 1. The van der Waals surface area contributed by atoms with Crippen LogP contribution in [0.1, 0.15) is 16.7 Å². The zero-order chi connectivity index (χ0) is 21.5. The summed E-state index contributed by atoms with van der Waals surface area (Å²) in [6.45, 7) is 2.17. The predicted octanol–water partition coefficient (Wildman–Crippen LogP) is 5.59. The molecule has 0 spiro atoms. The van der Waals surface area contributed by atoms with Gasteiger partial charge in [0.2, 0.25) is 5.75 Å². The van der Waals surface area contributed by atoms with Gasteiger partial charge in [-0.3, -0.25) is 15.5 Å². The molecule has 0 saturated carbocycles. The molecule has 0 fully saturated rings. The Kier molecular flexibility index (Phi) is 6.87. The zero-order valence-corrected chi connectivity index (χ0v) is 17.2. The van der Waals surface area contributed by atoms with Gasteiger partial charge in [-0.25, -0.2) is 0 Å². The minimum absolute atomic E-state index is 0.0722. The summed E-state index contributed by atoms with van der Waals surface area (Å²) in [5.74, 6) is 0.323. The highest BCUT2D eigenvalue weighted by Gasteiger charge is 2.22. The Bertz CT molecular complexity index is 1070.